The lowest BCUT2D eigenvalue weighted by molar-refractivity contribution is 0.0526. The van der Waals surface area contributed by atoms with Crippen LogP contribution < -0.4 is 30.3 Å². The maximum Gasteiger partial charge on any atom is 0.407 e. The van der Waals surface area contributed by atoms with Gasteiger partial charge in [-0.05, 0) is 83.2 Å². The van der Waals surface area contributed by atoms with Crippen molar-refractivity contribution in [2.45, 2.75) is 77.9 Å². The summed E-state index contributed by atoms with van der Waals surface area (Å²) in [7, 11) is -2.00. The van der Waals surface area contributed by atoms with E-state index in [2.05, 4.69) is 74.4 Å². The van der Waals surface area contributed by atoms with Gasteiger partial charge in [-0.2, -0.15) is 4.98 Å². The molecule has 4 heterocycles. The van der Waals surface area contributed by atoms with Crippen molar-refractivity contribution in [1.82, 2.24) is 35.1 Å². The summed E-state index contributed by atoms with van der Waals surface area (Å²) >= 11 is 6.55. The zero-order valence-electron chi connectivity index (χ0n) is 35.0. The van der Waals surface area contributed by atoms with Crippen molar-refractivity contribution in [2.24, 2.45) is 0 Å². The molecule has 4 aromatic rings. The number of nitrogens with zero attached hydrogens (tertiary/aromatic N) is 7. The molecule has 16 nitrogen and oxygen atoms in total. The number of alkyl carbamates (subject to hydrolysis) is 1. The van der Waals surface area contributed by atoms with Crippen LogP contribution in [-0.4, -0.2) is 122 Å². The van der Waals surface area contributed by atoms with Crippen LogP contribution in [-0.2, 0) is 21.2 Å². The minimum absolute atomic E-state index is 0.227. The van der Waals surface area contributed by atoms with E-state index in [9.17, 15) is 13.2 Å². The summed E-state index contributed by atoms with van der Waals surface area (Å²) in [6, 6.07) is 8.19. The number of amides is 1. The van der Waals surface area contributed by atoms with Crippen molar-refractivity contribution in [2.75, 3.05) is 86.0 Å². The number of piperidine rings is 1. The Labute approximate surface area is 352 Å². The lowest BCUT2D eigenvalue weighted by Crippen LogP contribution is -2.53. The maximum atomic E-state index is 12.3. The minimum atomic E-state index is -3.66. The number of halogens is 1. The highest BCUT2D eigenvalue weighted by Gasteiger charge is 2.29. The second-order valence-corrected chi connectivity index (χ2v) is 18.2. The third kappa shape index (κ3) is 12.2. The van der Waals surface area contributed by atoms with Gasteiger partial charge in [0.05, 0.1) is 42.1 Å². The molecular weight excluding hydrogens is 794 g/mol. The Morgan fingerprint density at radius 3 is 2.39 bits per heavy atom. The van der Waals surface area contributed by atoms with Gasteiger partial charge in [0, 0.05) is 76.0 Å². The normalized spacial score (nSPS) is 15.9. The van der Waals surface area contributed by atoms with Crippen LogP contribution >= 0.6 is 11.6 Å². The van der Waals surface area contributed by atoms with Crippen LogP contribution in [0, 0.1) is 0 Å². The van der Waals surface area contributed by atoms with Gasteiger partial charge >= 0.3 is 6.09 Å². The molecular formula is C41H58ClN11O5S. The highest BCUT2D eigenvalue weighted by molar-refractivity contribution is 7.92. The SMILES string of the molecule is CCc1cc(Nc2ncc(Cl)c(Nc3ccc4nccnc4c3NS(C)(=O)=O)n2)c(OC)cc1N1CCC(N2CCN(CCCCCNC(=O)OC(C)(C)C)CC2)CC1. The Bertz CT molecular complexity index is 2170. The van der Waals surface area contributed by atoms with Crippen LogP contribution in [0.5, 0.6) is 5.75 Å². The van der Waals surface area contributed by atoms with Crippen molar-refractivity contribution in [1.29, 1.82) is 0 Å². The number of benzene rings is 2. The van der Waals surface area contributed by atoms with Crippen LogP contribution in [0.2, 0.25) is 5.02 Å². The smallest absolute Gasteiger partial charge is 0.407 e. The molecule has 2 aromatic carbocycles. The number of methoxy groups -OCH3 is 1. The van der Waals surface area contributed by atoms with Gasteiger partial charge in [0.25, 0.3) is 0 Å². The Morgan fingerprint density at radius 2 is 1.69 bits per heavy atom. The summed E-state index contributed by atoms with van der Waals surface area (Å²) < 4.78 is 38.4. The number of hydrogen-bond donors (Lipinski definition) is 4. The Morgan fingerprint density at radius 1 is 0.949 bits per heavy atom. The van der Waals surface area contributed by atoms with Crippen LogP contribution in [0.3, 0.4) is 0 Å². The van der Waals surface area contributed by atoms with E-state index in [1.807, 2.05) is 20.8 Å². The minimum Gasteiger partial charge on any atom is -0.494 e. The first-order valence-electron chi connectivity index (χ1n) is 20.4. The lowest BCUT2D eigenvalue weighted by atomic mass is 9.99. The van der Waals surface area contributed by atoms with Gasteiger partial charge in [-0.25, -0.2) is 18.2 Å². The maximum absolute atomic E-state index is 12.3. The zero-order chi connectivity index (χ0) is 42.2. The first-order valence-corrected chi connectivity index (χ1v) is 22.6. The van der Waals surface area contributed by atoms with Gasteiger partial charge < -0.3 is 35.2 Å². The number of aromatic nitrogens is 4. The summed E-state index contributed by atoms with van der Waals surface area (Å²) in [4.78, 5) is 37.3. The number of aryl methyl sites for hydroxylation is 1. The molecule has 2 saturated heterocycles. The fraction of sp³-hybridized carbons (Fsp3) is 0.537. The van der Waals surface area contributed by atoms with Gasteiger partial charge in [0.1, 0.15) is 21.9 Å². The van der Waals surface area contributed by atoms with E-state index in [-0.39, 0.29) is 28.6 Å². The standard InChI is InChI=1S/C41H58ClN11O5S/c1-7-28-25-33(48-39-46-27-30(42)38(49-39)47-32-12-11-31-36(44-17-16-43-31)37(32)50-59(6,55)56)35(57-5)26-34(28)53-19-13-29(14-20-53)52-23-21-51(22-24-52)18-10-8-9-15-45-40(54)58-41(2,3)4/h11-12,16-17,25-27,29,50H,7-10,13-15,18-24H2,1-6H3,(H,45,54)(H2,46,47,48,49). The van der Waals surface area contributed by atoms with Gasteiger partial charge in [-0.3, -0.25) is 19.6 Å². The predicted octanol–water partition coefficient (Wildman–Crippen LogP) is 6.78. The summed E-state index contributed by atoms with van der Waals surface area (Å²) in [5.74, 6) is 1.20. The van der Waals surface area contributed by atoms with Gasteiger partial charge in [-0.15, -0.1) is 0 Å². The Hall–Kier alpha value is -4.71. The molecule has 0 saturated carbocycles. The summed E-state index contributed by atoms with van der Waals surface area (Å²) in [5.41, 5.74) is 4.11. The fourth-order valence-corrected chi connectivity index (χ4v) is 8.33. The third-order valence-corrected chi connectivity index (χ3v) is 11.4. The average molecular weight is 853 g/mol. The first-order chi connectivity index (χ1) is 28.2. The summed E-state index contributed by atoms with van der Waals surface area (Å²) in [5, 5.41) is 9.57. The molecule has 0 unspecified atom stereocenters. The monoisotopic (exact) mass is 851 g/mol. The molecule has 6 rings (SSSR count). The van der Waals surface area contributed by atoms with Crippen LogP contribution in [0.4, 0.5) is 39.3 Å². The van der Waals surface area contributed by atoms with Crippen molar-refractivity contribution < 1.29 is 22.7 Å². The van der Waals surface area contributed by atoms with Crippen molar-refractivity contribution in [3.05, 3.63) is 53.4 Å². The molecule has 18 heteroatoms. The van der Waals surface area contributed by atoms with Crippen LogP contribution in [0.1, 0.15) is 65.4 Å². The van der Waals surface area contributed by atoms with Crippen molar-refractivity contribution in [3.63, 3.8) is 0 Å². The molecule has 59 heavy (non-hydrogen) atoms. The van der Waals surface area contributed by atoms with E-state index < -0.39 is 15.6 Å². The van der Waals surface area contributed by atoms with Crippen molar-refractivity contribution >= 4 is 73.3 Å². The van der Waals surface area contributed by atoms with E-state index >= 15 is 0 Å². The summed E-state index contributed by atoms with van der Waals surface area (Å²) in [6.07, 6.45) is 11.5. The topological polar surface area (TPSA) is 179 Å². The number of unbranched alkanes of at least 4 members (excludes halogenated alkanes) is 2. The fourth-order valence-electron chi connectivity index (χ4n) is 7.62. The molecule has 2 aliphatic heterocycles. The predicted molar refractivity (Wildman–Crippen MR) is 235 cm³/mol. The van der Waals surface area contributed by atoms with E-state index in [1.165, 1.54) is 23.6 Å². The molecule has 1 amide bonds. The highest BCUT2D eigenvalue weighted by Crippen LogP contribution is 2.38. The number of ether oxygens (including phenoxy) is 2. The molecule has 0 aliphatic carbocycles. The second kappa shape index (κ2) is 19.6. The number of carbonyl (C=O) groups is 1. The van der Waals surface area contributed by atoms with Crippen molar-refractivity contribution in [3.8, 4) is 5.75 Å². The van der Waals surface area contributed by atoms with Crippen LogP contribution in [0.25, 0.3) is 11.0 Å². The number of anilines is 6. The molecule has 0 spiro atoms. The Balaban J connectivity index is 1.03. The molecule has 320 valence electrons. The molecule has 0 atom stereocenters. The molecule has 4 N–H and O–H groups in total. The van der Waals surface area contributed by atoms with Gasteiger partial charge in [-0.1, -0.05) is 24.9 Å². The number of piperazine rings is 1. The van der Waals surface area contributed by atoms with Crippen LogP contribution in [0.15, 0.2) is 42.9 Å². The third-order valence-electron chi connectivity index (χ3n) is 10.5. The average Bonchev–Trinajstić information content (AvgIpc) is 3.20. The van der Waals surface area contributed by atoms with E-state index in [4.69, 9.17) is 21.1 Å². The number of fused-ring (bicyclic) bond motifs is 1. The summed E-state index contributed by atoms with van der Waals surface area (Å²) in [6.45, 7) is 15.8. The van der Waals surface area contributed by atoms with Gasteiger partial charge in [0.2, 0.25) is 16.0 Å². The number of sulfonamides is 1. The first kappa shape index (κ1) is 43.9. The molecule has 2 aliphatic rings. The molecule has 0 bridgehead atoms. The van der Waals surface area contributed by atoms with Gasteiger partial charge in [0.15, 0.2) is 5.82 Å². The molecule has 0 radical (unpaired) electrons. The zero-order valence-corrected chi connectivity index (χ0v) is 36.5. The lowest BCUT2D eigenvalue weighted by Gasteiger charge is -2.43. The van der Waals surface area contributed by atoms with E-state index in [1.54, 1.807) is 25.4 Å². The Kier molecular flexibility index (Phi) is 14.5. The largest absolute Gasteiger partial charge is 0.494 e. The number of carbonyl (C=O) groups excluding carboxylic acids is 1. The molecule has 2 aromatic heterocycles. The second-order valence-electron chi connectivity index (χ2n) is 16.0. The quantitative estimate of drug-likeness (QED) is 0.0867. The highest BCUT2D eigenvalue weighted by atomic mass is 35.5. The van der Waals surface area contributed by atoms with E-state index in [0.717, 1.165) is 90.6 Å². The number of rotatable bonds is 16. The molecule has 2 fully saturated rings. The van der Waals surface area contributed by atoms with E-state index in [0.29, 0.717) is 40.7 Å². The number of nitrogens with one attached hydrogen (secondary N) is 4. The number of hydrogen-bond acceptors (Lipinski definition) is 14.